The van der Waals surface area contributed by atoms with E-state index in [4.69, 9.17) is 9.47 Å². The van der Waals surface area contributed by atoms with Gasteiger partial charge in [-0.3, -0.25) is 4.79 Å². The third-order valence-corrected chi connectivity index (χ3v) is 5.15. The molecule has 0 bridgehead atoms. The summed E-state index contributed by atoms with van der Waals surface area (Å²) < 4.78 is 10.7. The smallest absolute Gasteiger partial charge is 0.278 e. The van der Waals surface area contributed by atoms with Gasteiger partial charge in [-0.05, 0) is 29.7 Å². The third-order valence-electron chi connectivity index (χ3n) is 5.15. The van der Waals surface area contributed by atoms with E-state index in [-0.39, 0.29) is 5.91 Å². The Hall–Kier alpha value is -2.79. The van der Waals surface area contributed by atoms with Gasteiger partial charge in [-0.15, -0.1) is 0 Å². The summed E-state index contributed by atoms with van der Waals surface area (Å²) in [4.78, 5) is 15.8. The SMILES string of the molecule is COc1ccc(C[NH+](C)CC(=O)N2CC=C(c3ccccc3)CC2)c(OC)c1. The maximum Gasteiger partial charge on any atom is 0.278 e. The predicted molar refractivity (Wildman–Crippen MR) is 111 cm³/mol. The Labute approximate surface area is 167 Å². The van der Waals surface area contributed by atoms with Gasteiger partial charge in [-0.25, -0.2) is 0 Å². The van der Waals surface area contributed by atoms with E-state index in [0.29, 0.717) is 13.1 Å². The van der Waals surface area contributed by atoms with Crippen molar-refractivity contribution in [2.45, 2.75) is 13.0 Å². The van der Waals surface area contributed by atoms with Gasteiger partial charge >= 0.3 is 0 Å². The average Bonchev–Trinajstić information content (AvgIpc) is 2.74. The summed E-state index contributed by atoms with van der Waals surface area (Å²) in [5.74, 6) is 1.75. The molecule has 28 heavy (non-hydrogen) atoms. The summed E-state index contributed by atoms with van der Waals surface area (Å²) in [6.07, 6.45) is 3.08. The highest BCUT2D eigenvalue weighted by molar-refractivity contribution is 5.79. The van der Waals surface area contributed by atoms with Gasteiger partial charge in [0.2, 0.25) is 0 Å². The number of carbonyl (C=O) groups excluding carboxylic acids is 1. The lowest BCUT2D eigenvalue weighted by molar-refractivity contribution is -0.885. The molecule has 0 aliphatic carbocycles. The number of hydrogen-bond donors (Lipinski definition) is 1. The molecule has 148 valence electrons. The first-order valence-electron chi connectivity index (χ1n) is 9.65. The number of likely N-dealkylation sites (N-methyl/N-ethyl adjacent to an activating group) is 1. The van der Waals surface area contributed by atoms with Gasteiger partial charge in [0.1, 0.15) is 18.0 Å². The number of carbonyl (C=O) groups is 1. The Balaban J connectivity index is 1.56. The summed E-state index contributed by atoms with van der Waals surface area (Å²) >= 11 is 0. The fourth-order valence-corrected chi connectivity index (χ4v) is 3.57. The van der Waals surface area contributed by atoms with E-state index < -0.39 is 0 Å². The Morgan fingerprint density at radius 3 is 2.54 bits per heavy atom. The van der Waals surface area contributed by atoms with E-state index in [9.17, 15) is 4.79 Å². The van der Waals surface area contributed by atoms with Crippen molar-refractivity contribution < 1.29 is 19.2 Å². The normalized spacial score (nSPS) is 15.0. The number of nitrogens with zero attached hydrogens (tertiary/aromatic N) is 1. The molecule has 1 heterocycles. The van der Waals surface area contributed by atoms with Crippen molar-refractivity contribution >= 4 is 11.5 Å². The molecular formula is C23H29N2O3+. The number of amides is 1. The summed E-state index contributed by atoms with van der Waals surface area (Å²) in [7, 11) is 5.33. The molecule has 0 radical (unpaired) electrons. The number of quaternary nitrogens is 1. The zero-order chi connectivity index (χ0) is 19.9. The fourth-order valence-electron chi connectivity index (χ4n) is 3.57. The molecule has 0 saturated heterocycles. The molecule has 1 unspecified atom stereocenters. The monoisotopic (exact) mass is 381 g/mol. The molecule has 0 saturated carbocycles. The van der Waals surface area contributed by atoms with Crippen LogP contribution >= 0.6 is 0 Å². The van der Waals surface area contributed by atoms with Gasteiger partial charge < -0.3 is 19.3 Å². The van der Waals surface area contributed by atoms with E-state index in [2.05, 4.69) is 30.3 Å². The number of benzene rings is 2. The lowest BCUT2D eigenvalue weighted by Gasteiger charge is -2.27. The van der Waals surface area contributed by atoms with Gasteiger partial charge in [0.05, 0.1) is 21.3 Å². The average molecular weight is 381 g/mol. The van der Waals surface area contributed by atoms with Crippen LogP contribution in [0.25, 0.3) is 5.57 Å². The first-order valence-corrected chi connectivity index (χ1v) is 9.65. The van der Waals surface area contributed by atoms with Gasteiger partial charge in [0.25, 0.3) is 5.91 Å². The minimum absolute atomic E-state index is 0.188. The molecule has 2 aromatic carbocycles. The number of methoxy groups -OCH3 is 2. The van der Waals surface area contributed by atoms with Crippen LogP contribution in [0.2, 0.25) is 0 Å². The van der Waals surface area contributed by atoms with E-state index in [1.807, 2.05) is 36.2 Å². The molecule has 0 fully saturated rings. The Kier molecular flexibility index (Phi) is 6.71. The van der Waals surface area contributed by atoms with Crippen LogP contribution in [-0.2, 0) is 11.3 Å². The molecule has 3 rings (SSSR count). The molecule has 1 amide bonds. The number of rotatable bonds is 7. The molecular weight excluding hydrogens is 352 g/mol. The molecule has 5 nitrogen and oxygen atoms in total. The minimum Gasteiger partial charge on any atom is -0.497 e. The molecule has 1 N–H and O–H groups in total. The summed E-state index contributed by atoms with van der Waals surface area (Å²) in [6.45, 7) is 2.64. The van der Waals surface area contributed by atoms with Crippen molar-refractivity contribution in [3.8, 4) is 11.5 Å². The van der Waals surface area contributed by atoms with E-state index in [0.717, 1.165) is 41.5 Å². The maximum absolute atomic E-state index is 12.7. The van der Waals surface area contributed by atoms with Crippen LogP contribution in [-0.4, -0.2) is 51.7 Å². The topological polar surface area (TPSA) is 43.2 Å². The zero-order valence-electron chi connectivity index (χ0n) is 16.9. The fraction of sp³-hybridized carbons (Fsp3) is 0.348. The second kappa shape index (κ2) is 9.42. The van der Waals surface area contributed by atoms with Crippen LogP contribution in [0.15, 0.2) is 54.6 Å². The highest BCUT2D eigenvalue weighted by Gasteiger charge is 2.21. The van der Waals surface area contributed by atoms with Crippen LogP contribution in [0.1, 0.15) is 17.5 Å². The Morgan fingerprint density at radius 2 is 1.89 bits per heavy atom. The van der Waals surface area contributed by atoms with Crippen molar-refractivity contribution in [2.24, 2.45) is 0 Å². The third kappa shape index (κ3) is 4.93. The van der Waals surface area contributed by atoms with Crippen LogP contribution in [0, 0.1) is 0 Å². The number of nitrogens with one attached hydrogen (secondary N) is 1. The predicted octanol–water partition coefficient (Wildman–Crippen LogP) is 2.03. The first kappa shape index (κ1) is 20.0. The van der Waals surface area contributed by atoms with Crippen LogP contribution < -0.4 is 14.4 Å². The van der Waals surface area contributed by atoms with Crippen LogP contribution in [0.5, 0.6) is 11.5 Å². The molecule has 5 heteroatoms. The van der Waals surface area contributed by atoms with Crippen molar-refractivity contribution in [1.82, 2.24) is 4.90 Å². The summed E-state index contributed by atoms with van der Waals surface area (Å²) in [6, 6.07) is 16.2. The van der Waals surface area contributed by atoms with Crippen LogP contribution in [0.4, 0.5) is 0 Å². The molecule has 1 aliphatic rings. The van der Waals surface area contributed by atoms with Crippen molar-refractivity contribution in [2.75, 3.05) is 40.9 Å². The Bertz CT molecular complexity index is 833. The van der Waals surface area contributed by atoms with Gasteiger partial charge in [-0.1, -0.05) is 36.4 Å². The zero-order valence-corrected chi connectivity index (χ0v) is 16.9. The standard InChI is InChI=1S/C23H28N2O3/c1-24(16-20-9-10-21(27-2)15-22(20)28-3)17-23(26)25-13-11-19(12-14-25)18-7-5-4-6-8-18/h4-11,15H,12-14,16-17H2,1-3H3/p+1. The van der Waals surface area contributed by atoms with Crippen molar-refractivity contribution in [1.29, 1.82) is 0 Å². The second-order valence-electron chi connectivity index (χ2n) is 7.17. The van der Waals surface area contributed by atoms with E-state index in [1.165, 1.54) is 11.1 Å². The largest absolute Gasteiger partial charge is 0.497 e. The van der Waals surface area contributed by atoms with E-state index in [1.54, 1.807) is 14.2 Å². The molecule has 0 spiro atoms. The van der Waals surface area contributed by atoms with Gasteiger partial charge in [0.15, 0.2) is 6.54 Å². The highest BCUT2D eigenvalue weighted by atomic mass is 16.5. The van der Waals surface area contributed by atoms with Gasteiger partial charge in [0, 0.05) is 24.7 Å². The van der Waals surface area contributed by atoms with Gasteiger partial charge in [-0.2, -0.15) is 0 Å². The summed E-state index contributed by atoms with van der Waals surface area (Å²) in [5.41, 5.74) is 3.65. The van der Waals surface area contributed by atoms with Crippen molar-refractivity contribution in [3.05, 3.63) is 65.7 Å². The first-order chi connectivity index (χ1) is 13.6. The highest BCUT2D eigenvalue weighted by Crippen LogP contribution is 2.24. The molecule has 1 aliphatic heterocycles. The second-order valence-corrected chi connectivity index (χ2v) is 7.17. The van der Waals surface area contributed by atoms with Crippen molar-refractivity contribution in [3.63, 3.8) is 0 Å². The lowest BCUT2D eigenvalue weighted by Crippen LogP contribution is -3.08. The quantitative estimate of drug-likeness (QED) is 0.798. The minimum atomic E-state index is 0.188. The Morgan fingerprint density at radius 1 is 1.11 bits per heavy atom. The number of ether oxygens (including phenoxy) is 2. The lowest BCUT2D eigenvalue weighted by atomic mass is 9.99. The molecule has 2 aromatic rings. The summed E-state index contributed by atoms with van der Waals surface area (Å²) in [5, 5.41) is 0. The maximum atomic E-state index is 12.7. The van der Waals surface area contributed by atoms with E-state index >= 15 is 0 Å². The van der Waals surface area contributed by atoms with Crippen LogP contribution in [0.3, 0.4) is 0 Å². The number of hydrogen-bond acceptors (Lipinski definition) is 3. The molecule has 1 atom stereocenters. The molecule has 0 aromatic heterocycles.